The van der Waals surface area contributed by atoms with E-state index in [2.05, 4.69) is 0 Å². The van der Waals surface area contributed by atoms with Crippen molar-refractivity contribution in [1.82, 2.24) is 4.40 Å². The lowest BCUT2D eigenvalue weighted by atomic mass is 10.1. The fourth-order valence-corrected chi connectivity index (χ4v) is 3.32. The minimum Gasteiger partial charge on any atom is -0.479 e. The maximum absolute atomic E-state index is 12.9. The molecule has 0 radical (unpaired) electrons. The van der Waals surface area contributed by atoms with Crippen LogP contribution in [0.15, 0.2) is 72.9 Å². The molecule has 0 fully saturated rings. The molecule has 0 aliphatic heterocycles. The summed E-state index contributed by atoms with van der Waals surface area (Å²) in [5, 5.41) is 9.50. The third-order valence-corrected chi connectivity index (χ3v) is 4.59. The summed E-state index contributed by atoms with van der Waals surface area (Å²) in [7, 11) is 0. The summed E-state index contributed by atoms with van der Waals surface area (Å²) in [5.74, 6) is 0.238. The van der Waals surface area contributed by atoms with Crippen LogP contribution < -0.4 is 4.74 Å². The molecule has 2 aromatic carbocycles. The Hall–Kier alpha value is -3.78. The van der Waals surface area contributed by atoms with Crippen LogP contribution in [-0.4, -0.2) is 23.6 Å². The number of carbonyl (C=O) groups excluding carboxylic acids is 1. The molecule has 0 saturated heterocycles. The molecule has 0 atom stereocenters. The van der Waals surface area contributed by atoms with Gasteiger partial charge in [0.05, 0.1) is 23.2 Å². The number of aromatic nitrogens is 1. The number of ether oxygens (including phenoxy) is 2. The SMILES string of the molecule is N#CCOc1ccc2c(C(=O)OCCc3ccccc3)c3ccccn3c2c1. The molecule has 0 N–H and O–H groups in total. The molecule has 138 valence electrons. The fraction of sp³-hybridized carbons (Fsp3) is 0.130. The van der Waals surface area contributed by atoms with Gasteiger partial charge in [-0.2, -0.15) is 5.26 Å². The Bertz CT molecular complexity index is 1170. The van der Waals surface area contributed by atoms with E-state index in [1.54, 1.807) is 6.07 Å². The summed E-state index contributed by atoms with van der Waals surface area (Å²) >= 11 is 0. The molecule has 0 amide bonds. The van der Waals surface area contributed by atoms with Crippen molar-refractivity contribution < 1.29 is 14.3 Å². The summed E-state index contributed by atoms with van der Waals surface area (Å²) in [6.07, 6.45) is 2.56. The predicted molar refractivity (Wildman–Crippen MR) is 106 cm³/mol. The highest BCUT2D eigenvalue weighted by Gasteiger charge is 2.19. The number of rotatable bonds is 6. The summed E-state index contributed by atoms with van der Waals surface area (Å²) in [6, 6.07) is 23.0. The molecule has 0 saturated carbocycles. The van der Waals surface area contributed by atoms with Gasteiger partial charge in [0.25, 0.3) is 0 Å². The predicted octanol–water partition coefficient (Wildman–Crippen LogP) is 4.39. The van der Waals surface area contributed by atoms with E-state index in [0.717, 1.165) is 22.0 Å². The van der Waals surface area contributed by atoms with Crippen molar-refractivity contribution in [1.29, 1.82) is 5.26 Å². The standard InChI is InChI=1S/C23H18N2O3/c24-12-15-27-18-9-10-19-21(16-18)25-13-5-4-8-20(25)22(19)23(26)28-14-11-17-6-2-1-3-7-17/h1-10,13,16H,11,14-15H2. The number of benzene rings is 2. The van der Waals surface area contributed by atoms with Gasteiger partial charge in [-0.05, 0) is 29.8 Å². The number of esters is 1. The zero-order valence-electron chi connectivity index (χ0n) is 15.2. The maximum atomic E-state index is 12.9. The molecule has 0 aliphatic carbocycles. The van der Waals surface area contributed by atoms with E-state index >= 15 is 0 Å². The van der Waals surface area contributed by atoms with Crippen molar-refractivity contribution in [2.24, 2.45) is 0 Å². The topological polar surface area (TPSA) is 63.7 Å². The van der Waals surface area contributed by atoms with E-state index < -0.39 is 0 Å². The fourth-order valence-electron chi connectivity index (χ4n) is 3.32. The summed E-state index contributed by atoms with van der Waals surface area (Å²) in [5.41, 5.74) is 3.28. The lowest BCUT2D eigenvalue weighted by Gasteiger charge is -2.05. The van der Waals surface area contributed by atoms with E-state index in [1.807, 2.05) is 77.3 Å². The van der Waals surface area contributed by atoms with Crippen molar-refractivity contribution in [3.05, 3.63) is 84.1 Å². The summed E-state index contributed by atoms with van der Waals surface area (Å²) in [4.78, 5) is 12.9. The molecule has 4 aromatic rings. The Morgan fingerprint density at radius 3 is 2.64 bits per heavy atom. The highest BCUT2D eigenvalue weighted by molar-refractivity contribution is 6.11. The van der Waals surface area contributed by atoms with Crippen LogP contribution in [0.3, 0.4) is 0 Å². The van der Waals surface area contributed by atoms with Crippen LogP contribution in [0.25, 0.3) is 16.4 Å². The van der Waals surface area contributed by atoms with E-state index in [0.29, 0.717) is 24.3 Å². The van der Waals surface area contributed by atoms with E-state index in [-0.39, 0.29) is 12.6 Å². The average Bonchev–Trinajstić information content (AvgIpc) is 3.07. The molecular formula is C23H18N2O3. The van der Waals surface area contributed by atoms with Gasteiger partial charge in [0, 0.05) is 24.1 Å². The molecule has 5 nitrogen and oxygen atoms in total. The largest absolute Gasteiger partial charge is 0.479 e. The Morgan fingerprint density at radius 2 is 1.82 bits per heavy atom. The van der Waals surface area contributed by atoms with Gasteiger partial charge in [-0.1, -0.05) is 36.4 Å². The zero-order chi connectivity index (χ0) is 19.3. The number of nitrogens with zero attached hydrogens (tertiary/aromatic N) is 2. The number of fused-ring (bicyclic) bond motifs is 3. The van der Waals surface area contributed by atoms with Gasteiger partial charge in [-0.15, -0.1) is 0 Å². The van der Waals surface area contributed by atoms with Crippen LogP contribution in [-0.2, 0) is 11.2 Å². The van der Waals surface area contributed by atoms with Gasteiger partial charge < -0.3 is 13.9 Å². The number of hydrogen-bond acceptors (Lipinski definition) is 4. The van der Waals surface area contributed by atoms with Gasteiger partial charge in [0.1, 0.15) is 11.8 Å². The summed E-state index contributed by atoms with van der Waals surface area (Å²) in [6.45, 7) is 0.293. The van der Waals surface area contributed by atoms with Gasteiger partial charge in [-0.25, -0.2) is 4.79 Å². The zero-order valence-corrected chi connectivity index (χ0v) is 15.2. The molecule has 4 rings (SSSR count). The minimum absolute atomic E-state index is 0.0246. The number of hydrogen-bond donors (Lipinski definition) is 0. The first-order valence-electron chi connectivity index (χ1n) is 9.01. The molecule has 2 heterocycles. The second kappa shape index (κ2) is 7.85. The van der Waals surface area contributed by atoms with Crippen molar-refractivity contribution in [2.45, 2.75) is 6.42 Å². The number of carbonyl (C=O) groups is 1. The van der Waals surface area contributed by atoms with E-state index in [1.165, 1.54) is 0 Å². The van der Waals surface area contributed by atoms with E-state index in [9.17, 15) is 4.79 Å². The number of nitriles is 1. The third-order valence-electron chi connectivity index (χ3n) is 4.59. The maximum Gasteiger partial charge on any atom is 0.340 e. The van der Waals surface area contributed by atoms with E-state index in [4.69, 9.17) is 14.7 Å². The van der Waals surface area contributed by atoms with Gasteiger partial charge in [-0.3, -0.25) is 0 Å². The Kier molecular flexibility index (Phi) is 4.94. The molecule has 0 spiro atoms. The Labute approximate surface area is 162 Å². The van der Waals surface area contributed by atoms with Crippen LogP contribution in [0.1, 0.15) is 15.9 Å². The quantitative estimate of drug-likeness (QED) is 0.472. The Morgan fingerprint density at radius 1 is 1.00 bits per heavy atom. The molecular weight excluding hydrogens is 352 g/mol. The van der Waals surface area contributed by atoms with Crippen LogP contribution in [0, 0.1) is 11.3 Å². The first-order chi connectivity index (χ1) is 13.8. The van der Waals surface area contributed by atoms with Crippen LogP contribution in [0.2, 0.25) is 0 Å². The molecule has 28 heavy (non-hydrogen) atoms. The summed E-state index contributed by atoms with van der Waals surface area (Å²) < 4.78 is 12.9. The first kappa shape index (κ1) is 17.6. The Balaban J connectivity index is 1.65. The van der Waals surface area contributed by atoms with Crippen molar-refractivity contribution in [2.75, 3.05) is 13.2 Å². The van der Waals surface area contributed by atoms with Crippen LogP contribution >= 0.6 is 0 Å². The van der Waals surface area contributed by atoms with Crippen molar-refractivity contribution >= 4 is 22.4 Å². The van der Waals surface area contributed by atoms with Crippen molar-refractivity contribution in [3.8, 4) is 11.8 Å². The number of pyridine rings is 1. The van der Waals surface area contributed by atoms with Crippen molar-refractivity contribution in [3.63, 3.8) is 0 Å². The molecule has 5 heteroatoms. The second-order valence-electron chi connectivity index (χ2n) is 6.33. The minimum atomic E-state index is -0.347. The highest BCUT2D eigenvalue weighted by atomic mass is 16.5. The average molecular weight is 370 g/mol. The van der Waals surface area contributed by atoms with Crippen LogP contribution in [0.4, 0.5) is 0 Å². The lowest BCUT2D eigenvalue weighted by molar-refractivity contribution is 0.0514. The normalized spacial score (nSPS) is 10.7. The molecule has 0 unspecified atom stereocenters. The monoisotopic (exact) mass is 370 g/mol. The van der Waals surface area contributed by atoms with Gasteiger partial charge >= 0.3 is 5.97 Å². The second-order valence-corrected chi connectivity index (χ2v) is 6.33. The third kappa shape index (κ3) is 3.40. The van der Waals surface area contributed by atoms with Crippen LogP contribution in [0.5, 0.6) is 5.75 Å². The van der Waals surface area contributed by atoms with Gasteiger partial charge in [0.2, 0.25) is 0 Å². The smallest absolute Gasteiger partial charge is 0.340 e. The highest BCUT2D eigenvalue weighted by Crippen LogP contribution is 2.30. The molecule has 0 aliphatic rings. The lowest BCUT2D eigenvalue weighted by Crippen LogP contribution is -2.08. The van der Waals surface area contributed by atoms with Gasteiger partial charge in [0.15, 0.2) is 6.61 Å². The molecule has 2 aromatic heterocycles. The molecule has 0 bridgehead atoms. The first-order valence-corrected chi connectivity index (χ1v) is 9.01.